The molecule has 1 amide bonds. The van der Waals surface area contributed by atoms with Crippen LogP contribution in [-0.4, -0.2) is 31.3 Å². The van der Waals surface area contributed by atoms with Gasteiger partial charge in [-0.25, -0.2) is 0 Å². The van der Waals surface area contributed by atoms with E-state index in [0.29, 0.717) is 23.7 Å². The second-order valence-corrected chi connectivity index (χ2v) is 3.70. The van der Waals surface area contributed by atoms with Crippen LogP contribution in [0.2, 0.25) is 5.02 Å². The zero-order valence-corrected chi connectivity index (χ0v) is 9.75. The number of rotatable bonds is 5. The van der Waals surface area contributed by atoms with Gasteiger partial charge >= 0.3 is 0 Å². The maximum Gasteiger partial charge on any atom is 0.224 e. The minimum Gasteiger partial charge on any atom is -0.508 e. The maximum absolute atomic E-state index is 11.4. The van der Waals surface area contributed by atoms with Gasteiger partial charge in [-0.2, -0.15) is 0 Å². The quantitative estimate of drug-likeness (QED) is 0.768. The molecule has 0 fully saturated rings. The van der Waals surface area contributed by atoms with Crippen molar-refractivity contribution in [2.45, 2.75) is 6.42 Å². The molecule has 0 saturated carbocycles. The highest BCUT2D eigenvalue weighted by Gasteiger charge is 2.07. The molecule has 5 heteroatoms. The Morgan fingerprint density at radius 2 is 2.31 bits per heavy atom. The van der Waals surface area contributed by atoms with E-state index in [1.807, 2.05) is 0 Å². The lowest BCUT2D eigenvalue weighted by atomic mass is 10.1. The number of hydrogen-bond donors (Lipinski definition) is 2. The Morgan fingerprint density at radius 1 is 1.56 bits per heavy atom. The van der Waals surface area contributed by atoms with Gasteiger partial charge in [-0.15, -0.1) is 0 Å². The zero-order valence-electron chi connectivity index (χ0n) is 9.00. The number of nitrogens with one attached hydrogen (secondary N) is 1. The van der Waals surface area contributed by atoms with E-state index in [0.717, 1.165) is 0 Å². The van der Waals surface area contributed by atoms with E-state index in [1.165, 1.54) is 12.1 Å². The summed E-state index contributed by atoms with van der Waals surface area (Å²) in [6, 6.07) is 4.53. The molecule has 0 heterocycles. The number of benzene rings is 1. The van der Waals surface area contributed by atoms with E-state index in [-0.39, 0.29) is 18.1 Å². The van der Waals surface area contributed by atoms with Gasteiger partial charge in [-0.1, -0.05) is 11.6 Å². The van der Waals surface area contributed by atoms with Gasteiger partial charge in [0.15, 0.2) is 0 Å². The van der Waals surface area contributed by atoms with Crippen LogP contribution in [0.3, 0.4) is 0 Å². The molecule has 0 radical (unpaired) electrons. The molecule has 1 aromatic rings. The molecule has 1 rings (SSSR count). The highest BCUT2D eigenvalue weighted by atomic mass is 35.5. The van der Waals surface area contributed by atoms with E-state index in [2.05, 4.69) is 5.32 Å². The van der Waals surface area contributed by atoms with Crippen molar-refractivity contribution in [2.75, 3.05) is 20.3 Å². The normalized spacial score (nSPS) is 10.1. The Labute approximate surface area is 99.2 Å². The molecule has 0 saturated heterocycles. The third-order valence-electron chi connectivity index (χ3n) is 2.01. The molecule has 0 bridgehead atoms. The summed E-state index contributed by atoms with van der Waals surface area (Å²) in [5.74, 6) is -0.0476. The number of phenolic OH excluding ortho intramolecular Hbond substituents is 1. The molecule has 1 aromatic carbocycles. The van der Waals surface area contributed by atoms with Crippen molar-refractivity contribution in [2.24, 2.45) is 0 Å². The molecule has 0 spiro atoms. The maximum atomic E-state index is 11.4. The van der Waals surface area contributed by atoms with E-state index in [1.54, 1.807) is 13.2 Å². The van der Waals surface area contributed by atoms with Gasteiger partial charge < -0.3 is 15.2 Å². The average Bonchev–Trinajstić information content (AvgIpc) is 2.24. The van der Waals surface area contributed by atoms with Crippen molar-refractivity contribution >= 4 is 17.5 Å². The lowest BCUT2D eigenvalue weighted by Crippen LogP contribution is -2.28. The molecule has 0 unspecified atom stereocenters. The Kier molecular flexibility index (Phi) is 5.08. The van der Waals surface area contributed by atoms with Crippen LogP contribution in [0.25, 0.3) is 0 Å². The average molecular weight is 244 g/mol. The molecular formula is C11H14ClNO3. The summed E-state index contributed by atoms with van der Waals surface area (Å²) in [4.78, 5) is 11.4. The number of carbonyl (C=O) groups excluding carboxylic acids is 1. The van der Waals surface area contributed by atoms with E-state index in [4.69, 9.17) is 16.3 Å². The van der Waals surface area contributed by atoms with Gasteiger partial charge in [0.1, 0.15) is 5.75 Å². The van der Waals surface area contributed by atoms with Crippen LogP contribution in [-0.2, 0) is 16.0 Å². The van der Waals surface area contributed by atoms with E-state index < -0.39 is 0 Å². The van der Waals surface area contributed by atoms with Gasteiger partial charge in [0.25, 0.3) is 0 Å². The number of phenols is 1. The minimum absolute atomic E-state index is 0.101. The van der Waals surface area contributed by atoms with Crippen molar-refractivity contribution in [3.8, 4) is 5.75 Å². The lowest BCUT2D eigenvalue weighted by Gasteiger charge is -2.06. The number of hydrogen-bond acceptors (Lipinski definition) is 3. The second-order valence-electron chi connectivity index (χ2n) is 3.30. The van der Waals surface area contributed by atoms with Crippen molar-refractivity contribution in [1.29, 1.82) is 0 Å². The Balaban J connectivity index is 2.52. The molecule has 0 aliphatic heterocycles. The summed E-state index contributed by atoms with van der Waals surface area (Å²) in [5, 5.41) is 12.4. The summed E-state index contributed by atoms with van der Waals surface area (Å²) in [5.41, 5.74) is 0.608. The van der Waals surface area contributed by atoms with Crippen molar-refractivity contribution in [3.63, 3.8) is 0 Å². The largest absolute Gasteiger partial charge is 0.508 e. The first-order chi connectivity index (χ1) is 7.63. The van der Waals surface area contributed by atoms with Crippen LogP contribution in [0.4, 0.5) is 0 Å². The van der Waals surface area contributed by atoms with Crippen LogP contribution < -0.4 is 5.32 Å². The van der Waals surface area contributed by atoms with Crippen LogP contribution in [0.5, 0.6) is 5.75 Å². The number of carbonyl (C=O) groups is 1. The first-order valence-electron chi connectivity index (χ1n) is 4.86. The third-order valence-corrected chi connectivity index (χ3v) is 2.38. The number of methoxy groups -OCH3 is 1. The van der Waals surface area contributed by atoms with Crippen molar-refractivity contribution in [3.05, 3.63) is 28.8 Å². The van der Waals surface area contributed by atoms with Crippen molar-refractivity contribution < 1.29 is 14.6 Å². The van der Waals surface area contributed by atoms with Gasteiger partial charge in [-0.05, 0) is 23.8 Å². The molecule has 16 heavy (non-hydrogen) atoms. The number of aromatic hydroxyl groups is 1. The van der Waals surface area contributed by atoms with E-state index >= 15 is 0 Å². The zero-order chi connectivity index (χ0) is 12.0. The lowest BCUT2D eigenvalue weighted by molar-refractivity contribution is -0.120. The highest BCUT2D eigenvalue weighted by molar-refractivity contribution is 6.31. The number of amides is 1. The SMILES string of the molecule is COCCNC(=O)Cc1cc(O)ccc1Cl. The molecule has 0 atom stereocenters. The standard InChI is InChI=1S/C11H14ClNO3/c1-16-5-4-13-11(15)7-8-6-9(14)2-3-10(8)12/h2-3,6,14H,4-5,7H2,1H3,(H,13,15). The molecule has 0 aliphatic carbocycles. The van der Waals surface area contributed by atoms with Crippen LogP contribution >= 0.6 is 11.6 Å². The van der Waals surface area contributed by atoms with E-state index in [9.17, 15) is 9.90 Å². The minimum atomic E-state index is -0.149. The van der Waals surface area contributed by atoms with Crippen LogP contribution in [0.1, 0.15) is 5.56 Å². The molecule has 88 valence electrons. The molecule has 0 aromatic heterocycles. The van der Waals surface area contributed by atoms with Crippen molar-refractivity contribution in [1.82, 2.24) is 5.32 Å². The van der Waals surface area contributed by atoms with Crippen LogP contribution in [0.15, 0.2) is 18.2 Å². The summed E-state index contributed by atoms with van der Waals surface area (Å²) in [6.45, 7) is 0.936. The first-order valence-corrected chi connectivity index (χ1v) is 5.24. The second kappa shape index (κ2) is 6.35. The topological polar surface area (TPSA) is 58.6 Å². The summed E-state index contributed by atoms with van der Waals surface area (Å²) in [6.07, 6.45) is 0.150. The van der Waals surface area contributed by atoms with Gasteiger partial charge in [0.05, 0.1) is 13.0 Å². The highest BCUT2D eigenvalue weighted by Crippen LogP contribution is 2.21. The fourth-order valence-electron chi connectivity index (χ4n) is 1.22. The summed E-state index contributed by atoms with van der Waals surface area (Å²) >= 11 is 5.89. The Hall–Kier alpha value is -1.26. The fraction of sp³-hybridized carbons (Fsp3) is 0.364. The molecule has 4 nitrogen and oxygen atoms in total. The monoisotopic (exact) mass is 243 g/mol. The number of halogens is 1. The predicted molar refractivity (Wildman–Crippen MR) is 61.7 cm³/mol. The Bertz CT molecular complexity index is 368. The molecule has 0 aliphatic rings. The van der Waals surface area contributed by atoms with Gasteiger partial charge in [0, 0.05) is 18.7 Å². The Morgan fingerprint density at radius 3 is 3.00 bits per heavy atom. The van der Waals surface area contributed by atoms with Gasteiger partial charge in [-0.3, -0.25) is 4.79 Å². The van der Waals surface area contributed by atoms with Gasteiger partial charge in [0.2, 0.25) is 5.91 Å². The molecule has 2 N–H and O–H groups in total. The number of ether oxygens (including phenoxy) is 1. The predicted octanol–water partition coefficient (Wildman–Crippen LogP) is 1.35. The third kappa shape index (κ3) is 4.08. The van der Waals surface area contributed by atoms with Crippen LogP contribution in [0, 0.1) is 0 Å². The first kappa shape index (κ1) is 12.8. The summed E-state index contributed by atoms with van der Waals surface area (Å²) in [7, 11) is 1.57. The smallest absolute Gasteiger partial charge is 0.224 e. The molecular weight excluding hydrogens is 230 g/mol. The summed E-state index contributed by atoms with van der Waals surface area (Å²) < 4.78 is 4.80. The fourth-order valence-corrected chi connectivity index (χ4v) is 1.41.